The molecular formula is C11H25NSi. The summed E-state index contributed by atoms with van der Waals surface area (Å²) >= 11 is 0. The molecule has 1 fully saturated rings. The first-order chi connectivity index (χ1) is 5.86. The van der Waals surface area contributed by atoms with E-state index in [0.717, 1.165) is 5.54 Å². The summed E-state index contributed by atoms with van der Waals surface area (Å²) in [6, 6.07) is 0. The van der Waals surface area contributed by atoms with Crippen molar-refractivity contribution < 1.29 is 0 Å². The second kappa shape index (κ2) is 3.74. The SMILES string of the molecule is CC(C)(C)[Si](C)(C)C1CCNCC1. The van der Waals surface area contributed by atoms with Gasteiger partial charge in [-0.2, -0.15) is 0 Å². The van der Waals surface area contributed by atoms with Crippen LogP contribution in [0.2, 0.25) is 23.7 Å². The van der Waals surface area contributed by atoms with E-state index < -0.39 is 8.07 Å². The molecule has 0 amide bonds. The number of hydrogen-bond acceptors (Lipinski definition) is 1. The fourth-order valence-electron chi connectivity index (χ4n) is 2.16. The summed E-state index contributed by atoms with van der Waals surface area (Å²) in [6.45, 7) is 14.9. The van der Waals surface area contributed by atoms with Crippen molar-refractivity contribution in [1.29, 1.82) is 0 Å². The van der Waals surface area contributed by atoms with Crippen LogP contribution in [0.15, 0.2) is 0 Å². The van der Waals surface area contributed by atoms with E-state index in [1.54, 1.807) is 0 Å². The zero-order chi connectivity index (χ0) is 10.1. The third-order valence-electron chi connectivity index (χ3n) is 4.29. The number of rotatable bonds is 1. The molecule has 1 rings (SSSR count). The highest BCUT2D eigenvalue weighted by Crippen LogP contribution is 2.46. The zero-order valence-electron chi connectivity index (χ0n) is 9.91. The molecule has 13 heavy (non-hydrogen) atoms. The molecule has 0 aromatic rings. The van der Waals surface area contributed by atoms with E-state index in [9.17, 15) is 0 Å². The number of hydrogen-bond donors (Lipinski definition) is 1. The summed E-state index contributed by atoms with van der Waals surface area (Å²) in [5, 5.41) is 4.02. The van der Waals surface area contributed by atoms with Crippen molar-refractivity contribution in [2.45, 2.75) is 57.3 Å². The molecule has 78 valence electrons. The van der Waals surface area contributed by atoms with E-state index in [-0.39, 0.29) is 0 Å². The second-order valence-corrected chi connectivity index (χ2v) is 11.8. The summed E-state index contributed by atoms with van der Waals surface area (Å²) in [7, 11) is -1.04. The highest BCUT2D eigenvalue weighted by Gasteiger charge is 2.41. The van der Waals surface area contributed by atoms with Gasteiger partial charge in [0, 0.05) is 0 Å². The minimum atomic E-state index is -1.04. The van der Waals surface area contributed by atoms with Gasteiger partial charge in [-0.3, -0.25) is 0 Å². The van der Waals surface area contributed by atoms with E-state index in [1.165, 1.54) is 25.9 Å². The highest BCUT2D eigenvalue weighted by atomic mass is 28.3. The molecule has 0 spiro atoms. The van der Waals surface area contributed by atoms with E-state index >= 15 is 0 Å². The smallest absolute Gasteiger partial charge is 0.0559 e. The summed E-state index contributed by atoms with van der Waals surface area (Å²) in [6.07, 6.45) is 2.83. The Kier molecular flexibility index (Phi) is 3.23. The van der Waals surface area contributed by atoms with Crippen LogP contribution in [0.1, 0.15) is 33.6 Å². The third-order valence-corrected chi connectivity index (χ3v) is 10.8. The van der Waals surface area contributed by atoms with Crippen molar-refractivity contribution in [3.05, 3.63) is 0 Å². The van der Waals surface area contributed by atoms with Gasteiger partial charge in [-0.15, -0.1) is 0 Å². The van der Waals surface area contributed by atoms with E-state index in [2.05, 4.69) is 39.2 Å². The molecule has 0 aromatic heterocycles. The van der Waals surface area contributed by atoms with Gasteiger partial charge in [0.1, 0.15) is 0 Å². The average molecular weight is 199 g/mol. The van der Waals surface area contributed by atoms with E-state index in [4.69, 9.17) is 0 Å². The van der Waals surface area contributed by atoms with Crippen LogP contribution >= 0.6 is 0 Å². The normalized spacial score (nSPS) is 21.9. The van der Waals surface area contributed by atoms with Crippen LogP contribution in [-0.2, 0) is 0 Å². The Bertz CT molecular complexity index is 163. The fourth-order valence-corrected chi connectivity index (χ4v) is 5.11. The summed E-state index contributed by atoms with van der Waals surface area (Å²) in [4.78, 5) is 0. The van der Waals surface area contributed by atoms with Gasteiger partial charge in [-0.25, -0.2) is 0 Å². The standard InChI is InChI=1S/C11H25NSi/c1-11(2,3)13(4,5)10-6-8-12-9-7-10/h10,12H,6-9H2,1-5H3. The van der Waals surface area contributed by atoms with Crippen molar-refractivity contribution in [1.82, 2.24) is 5.32 Å². The highest BCUT2D eigenvalue weighted by molar-refractivity contribution is 6.81. The van der Waals surface area contributed by atoms with Crippen molar-refractivity contribution in [3.63, 3.8) is 0 Å². The molecule has 0 aliphatic carbocycles. The quantitative estimate of drug-likeness (QED) is 0.639. The van der Waals surface area contributed by atoms with Gasteiger partial charge in [0.2, 0.25) is 0 Å². The Morgan fingerprint density at radius 1 is 1.08 bits per heavy atom. The summed E-state index contributed by atoms with van der Waals surface area (Å²) < 4.78 is 0. The Morgan fingerprint density at radius 2 is 1.54 bits per heavy atom. The van der Waals surface area contributed by atoms with Crippen LogP contribution in [0.5, 0.6) is 0 Å². The van der Waals surface area contributed by atoms with Gasteiger partial charge in [0.15, 0.2) is 0 Å². The zero-order valence-corrected chi connectivity index (χ0v) is 10.9. The van der Waals surface area contributed by atoms with Crippen molar-refractivity contribution in [2.75, 3.05) is 13.1 Å². The average Bonchev–Trinajstić information content (AvgIpc) is 2.04. The predicted molar refractivity (Wildman–Crippen MR) is 63.1 cm³/mol. The number of nitrogens with one attached hydrogen (secondary N) is 1. The maximum Gasteiger partial charge on any atom is 0.0559 e. The lowest BCUT2D eigenvalue weighted by atomic mass is 10.1. The lowest BCUT2D eigenvalue weighted by Gasteiger charge is -2.45. The molecule has 0 aromatic carbocycles. The van der Waals surface area contributed by atoms with Crippen LogP contribution < -0.4 is 5.32 Å². The van der Waals surface area contributed by atoms with Crippen molar-refractivity contribution >= 4 is 8.07 Å². The van der Waals surface area contributed by atoms with Gasteiger partial charge in [-0.05, 0) is 36.5 Å². The molecule has 1 saturated heterocycles. The Hall–Kier alpha value is 0.177. The van der Waals surface area contributed by atoms with Crippen LogP contribution in [0, 0.1) is 0 Å². The molecule has 0 radical (unpaired) electrons. The van der Waals surface area contributed by atoms with Crippen molar-refractivity contribution in [3.8, 4) is 0 Å². The third kappa shape index (κ3) is 2.35. The Balaban J connectivity index is 2.67. The molecule has 1 aliphatic rings. The lowest BCUT2D eigenvalue weighted by Crippen LogP contribution is -2.46. The topological polar surface area (TPSA) is 12.0 Å². The van der Waals surface area contributed by atoms with Gasteiger partial charge in [-0.1, -0.05) is 33.9 Å². The first-order valence-electron chi connectivity index (χ1n) is 5.56. The molecule has 1 heterocycles. The van der Waals surface area contributed by atoms with Crippen LogP contribution in [0.25, 0.3) is 0 Å². The summed E-state index contributed by atoms with van der Waals surface area (Å²) in [5.41, 5.74) is 1.04. The van der Waals surface area contributed by atoms with E-state index in [1.807, 2.05) is 0 Å². The predicted octanol–water partition coefficient (Wildman–Crippen LogP) is 3.25. The fraction of sp³-hybridized carbons (Fsp3) is 1.00. The largest absolute Gasteiger partial charge is 0.317 e. The van der Waals surface area contributed by atoms with Crippen LogP contribution in [0.3, 0.4) is 0 Å². The first-order valence-corrected chi connectivity index (χ1v) is 8.64. The first kappa shape index (κ1) is 11.3. The molecule has 0 saturated carbocycles. The Morgan fingerprint density at radius 3 is 1.92 bits per heavy atom. The minimum Gasteiger partial charge on any atom is -0.317 e. The van der Waals surface area contributed by atoms with Gasteiger partial charge in [0.25, 0.3) is 0 Å². The maximum absolute atomic E-state index is 3.46. The monoisotopic (exact) mass is 199 g/mol. The molecule has 1 aliphatic heterocycles. The van der Waals surface area contributed by atoms with Gasteiger partial charge < -0.3 is 5.32 Å². The number of piperidine rings is 1. The van der Waals surface area contributed by atoms with Crippen LogP contribution in [-0.4, -0.2) is 21.2 Å². The van der Waals surface area contributed by atoms with Crippen LogP contribution in [0.4, 0.5) is 0 Å². The maximum atomic E-state index is 3.46. The minimum absolute atomic E-state index is 0.564. The molecule has 1 N–H and O–H groups in total. The van der Waals surface area contributed by atoms with Gasteiger partial charge in [0.05, 0.1) is 8.07 Å². The van der Waals surface area contributed by atoms with Gasteiger partial charge >= 0.3 is 0 Å². The summed E-state index contributed by atoms with van der Waals surface area (Å²) in [5.74, 6) is 0. The molecule has 1 nitrogen and oxygen atoms in total. The molecule has 0 atom stereocenters. The lowest BCUT2D eigenvalue weighted by molar-refractivity contribution is 0.494. The molecule has 0 unspecified atom stereocenters. The second-order valence-electron chi connectivity index (χ2n) is 6.00. The molecule has 0 bridgehead atoms. The molecule has 2 heteroatoms. The van der Waals surface area contributed by atoms with E-state index in [0.29, 0.717) is 5.04 Å². The van der Waals surface area contributed by atoms with Crippen molar-refractivity contribution in [2.24, 2.45) is 0 Å². The Labute approximate surface area is 84.3 Å². The molecular weight excluding hydrogens is 174 g/mol.